The molecular formula is C17H31NO4S. The topological polar surface area (TPSA) is 55.8 Å². The molecule has 0 aromatic carbocycles. The second-order valence-corrected chi connectivity index (χ2v) is 10.1. The summed E-state index contributed by atoms with van der Waals surface area (Å²) in [5.41, 5.74) is 0.0429. The summed E-state index contributed by atoms with van der Waals surface area (Å²) in [6.45, 7) is 8.92. The minimum absolute atomic E-state index is 0.0429. The Morgan fingerprint density at radius 2 is 2.04 bits per heavy atom. The zero-order chi connectivity index (χ0) is 16.7. The first-order valence-corrected chi connectivity index (χ1v) is 10.7. The van der Waals surface area contributed by atoms with E-state index in [0.29, 0.717) is 31.5 Å². The number of hydrogen-bond donors (Lipinski definition) is 0. The first-order valence-electron chi connectivity index (χ1n) is 9.04. The van der Waals surface area contributed by atoms with Crippen molar-refractivity contribution in [3.05, 3.63) is 0 Å². The van der Waals surface area contributed by atoms with E-state index in [4.69, 9.17) is 9.47 Å². The molecule has 2 saturated heterocycles. The molecule has 0 N–H and O–H groups in total. The summed E-state index contributed by atoms with van der Waals surface area (Å²) < 4.78 is 39.3. The van der Waals surface area contributed by atoms with Crippen LogP contribution in [-0.4, -0.2) is 57.0 Å². The molecule has 2 heterocycles. The van der Waals surface area contributed by atoms with E-state index in [2.05, 4.69) is 13.8 Å². The van der Waals surface area contributed by atoms with E-state index in [1.165, 1.54) is 0 Å². The average molecular weight is 346 g/mol. The van der Waals surface area contributed by atoms with Crippen LogP contribution in [-0.2, 0) is 19.5 Å². The maximum atomic E-state index is 13.0. The fraction of sp³-hybridized carbons (Fsp3) is 1.00. The van der Waals surface area contributed by atoms with E-state index in [-0.39, 0.29) is 23.4 Å². The van der Waals surface area contributed by atoms with Gasteiger partial charge in [-0.2, -0.15) is 0 Å². The molecule has 3 atom stereocenters. The molecule has 3 aliphatic rings. The van der Waals surface area contributed by atoms with Crippen LogP contribution in [0.4, 0.5) is 0 Å². The van der Waals surface area contributed by atoms with Gasteiger partial charge in [0.1, 0.15) is 0 Å². The third-order valence-corrected chi connectivity index (χ3v) is 7.59. The van der Waals surface area contributed by atoms with Gasteiger partial charge in [0.05, 0.1) is 18.0 Å². The number of fused-ring (bicyclic) bond motifs is 1. The molecule has 134 valence electrons. The lowest BCUT2D eigenvalue weighted by atomic mass is 9.78. The van der Waals surface area contributed by atoms with Gasteiger partial charge in [0.25, 0.3) is 0 Å². The maximum Gasteiger partial charge on any atom is 0.216 e. The Bertz CT molecular complexity index is 515. The van der Waals surface area contributed by atoms with Crippen molar-refractivity contribution in [2.24, 2.45) is 17.3 Å². The Morgan fingerprint density at radius 3 is 2.70 bits per heavy atom. The summed E-state index contributed by atoms with van der Waals surface area (Å²) in [6, 6.07) is 0. The molecule has 0 amide bonds. The summed E-state index contributed by atoms with van der Waals surface area (Å²) in [5.74, 6) is 0.911. The van der Waals surface area contributed by atoms with Crippen LogP contribution in [0.3, 0.4) is 0 Å². The lowest BCUT2D eigenvalue weighted by molar-refractivity contribution is 0.00181. The van der Waals surface area contributed by atoms with Crippen molar-refractivity contribution in [3.8, 4) is 0 Å². The second kappa shape index (κ2) is 6.62. The van der Waals surface area contributed by atoms with E-state index in [1.807, 2.05) is 6.92 Å². The summed E-state index contributed by atoms with van der Waals surface area (Å²) in [6.07, 6.45) is 4.09. The van der Waals surface area contributed by atoms with Crippen molar-refractivity contribution >= 4 is 10.0 Å². The Kier molecular flexibility index (Phi) is 5.08. The zero-order valence-electron chi connectivity index (χ0n) is 14.7. The summed E-state index contributed by atoms with van der Waals surface area (Å²) in [4.78, 5) is 0. The summed E-state index contributed by atoms with van der Waals surface area (Å²) in [7, 11) is -3.27. The molecule has 5 nitrogen and oxygen atoms in total. The molecule has 0 spiro atoms. The van der Waals surface area contributed by atoms with E-state index < -0.39 is 10.0 Å². The largest absolute Gasteiger partial charge is 0.377 e. The van der Waals surface area contributed by atoms with Crippen molar-refractivity contribution in [2.75, 3.05) is 32.1 Å². The van der Waals surface area contributed by atoms with Crippen LogP contribution in [0.25, 0.3) is 0 Å². The maximum absolute atomic E-state index is 13.0. The molecule has 0 aromatic heterocycles. The van der Waals surface area contributed by atoms with Crippen molar-refractivity contribution in [1.29, 1.82) is 0 Å². The molecular weight excluding hydrogens is 314 g/mol. The molecule has 1 aliphatic carbocycles. The number of rotatable bonds is 6. The van der Waals surface area contributed by atoms with Gasteiger partial charge in [0.15, 0.2) is 0 Å². The fourth-order valence-corrected chi connectivity index (χ4v) is 5.94. The fourth-order valence-electron chi connectivity index (χ4n) is 4.16. The quantitative estimate of drug-likeness (QED) is 0.741. The Morgan fingerprint density at radius 1 is 1.30 bits per heavy atom. The lowest BCUT2D eigenvalue weighted by Crippen LogP contribution is -2.41. The van der Waals surface area contributed by atoms with E-state index >= 15 is 0 Å². The number of hydrogen-bond acceptors (Lipinski definition) is 4. The minimum atomic E-state index is -3.27. The first kappa shape index (κ1) is 17.6. The highest BCUT2D eigenvalue weighted by Crippen LogP contribution is 2.41. The van der Waals surface area contributed by atoms with Gasteiger partial charge in [0.2, 0.25) is 10.0 Å². The van der Waals surface area contributed by atoms with Crippen molar-refractivity contribution in [3.63, 3.8) is 0 Å². The van der Waals surface area contributed by atoms with E-state index in [0.717, 1.165) is 32.3 Å². The van der Waals surface area contributed by atoms with Crippen molar-refractivity contribution < 1.29 is 17.9 Å². The third-order valence-electron chi connectivity index (χ3n) is 5.72. The highest BCUT2D eigenvalue weighted by atomic mass is 32.2. The standard InChI is InChI=1S/C17H31NO4S/c1-4-21-15(13-5-6-13)12-23(19,20)18-9-8-17(2,3)16-14(11-18)7-10-22-16/h13-16H,4-12H2,1-3H3/t14-,15?,16-/m1/s1. The number of nitrogens with zero attached hydrogens (tertiary/aromatic N) is 1. The average Bonchev–Trinajstić information content (AvgIpc) is 3.22. The smallest absolute Gasteiger partial charge is 0.216 e. The number of sulfonamides is 1. The zero-order valence-corrected chi connectivity index (χ0v) is 15.5. The van der Waals surface area contributed by atoms with Gasteiger partial charge in [0, 0.05) is 32.2 Å². The first-order chi connectivity index (χ1) is 10.8. The molecule has 3 fully saturated rings. The highest BCUT2D eigenvalue weighted by molar-refractivity contribution is 7.89. The van der Waals surface area contributed by atoms with Crippen LogP contribution < -0.4 is 0 Å². The van der Waals surface area contributed by atoms with E-state index in [9.17, 15) is 8.42 Å². The van der Waals surface area contributed by atoms with Crippen LogP contribution in [0.5, 0.6) is 0 Å². The van der Waals surface area contributed by atoms with Gasteiger partial charge < -0.3 is 9.47 Å². The van der Waals surface area contributed by atoms with Crippen LogP contribution in [0.2, 0.25) is 0 Å². The molecule has 23 heavy (non-hydrogen) atoms. The van der Waals surface area contributed by atoms with Crippen LogP contribution in [0.1, 0.15) is 46.5 Å². The molecule has 0 bridgehead atoms. The SMILES string of the molecule is CCOC(CS(=O)(=O)N1CCC(C)(C)[C@@H]2OCC[C@@H]2C1)C1CC1. The molecule has 1 unspecified atom stereocenters. The predicted octanol–water partition coefficient (Wildman–Crippen LogP) is 2.27. The predicted molar refractivity (Wildman–Crippen MR) is 89.7 cm³/mol. The Balaban J connectivity index is 1.71. The normalized spacial score (nSPS) is 33.2. The van der Waals surface area contributed by atoms with Crippen LogP contribution in [0, 0.1) is 17.3 Å². The summed E-state index contributed by atoms with van der Waals surface area (Å²) >= 11 is 0. The van der Waals surface area contributed by atoms with Gasteiger partial charge >= 0.3 is 0 Å². The monoisotopic (exact) mass is 345 g/mol. The number of ether oxygens (including phenoxy) is 2. The Hall–Kier alpha value is -0.170. The van der Waals surface area contributed by atoms with Crippen molar-refractivity contribution in [1.82, 2.24) is 4.31 Å². The Labute approximate surface area is 140 Å². The second-order valence-electron chi connectivity index (χ2n) is 8.05. The third kappa shape index (κ3) is 3.91. The van der Waals surface area contributed by atoms with Gasteiger partial charge in [-0.1, -0.05) is 13.8 Å². The highest BCUT2D eigenvalue weighted by Gasteiger charge is 2.46. The summed E-state index contributed by atoms with van der Waals surface area (Å²) in [5, 5.41) is 0. The van der Waals surface area contributed by atoms with Gasteiger partial charge in [-0.25, -0.2) is 12.7 Å². The van der Waals surface area contributed by atoms with Crippen LogP contribution >= 0.6 is 0 Å². The molecule has 2 aliphatic heterocycles. The van der Waals surface area contributed by atoms with Gasteiger partial charge in [-0.05, 0) is 43.9 Å². The van der Waals surface area contributed by atoms with Gasteiger partial charge in [-0.3, -0.25) is 0 Å². The van der Waals surface area contributed by atoms with Crippen LogP contribution in [0.15, 0.2) is 0 Å². The molecule has 0 aromatic rings. The van der Waals surface area contributed by atoms with Gasteiger partial charge in [-0.15, -0.1) is 0 Å². The lowest BCUT2D eigenvalue weighted by Gasteiger charge is -2.31. The van der Waals surface area contributed by atoms with E-state index in [1.54, 1.807) is 4.31 Å². The van der Waals surface area contributed by atoms with Crippen molar-refractivity contribution in [2.45, 2.75) is 58.7 Å². The molecule has 3 rings (SSSR count). The molecule has 0 radical (unpaired) electrons. The minimum Gasteiger partial charge on any atom is -0.377 e. The molecule has 6 heteroatoms. The molecule has 1 saturated carbocycles.